The number of carboxylic acids is 1. The van der Waals surface area contributed by atoms with Gasteiger partial charge in [-0.1, -0.05) is 30.3 Å². The van der Waals surface area contributed by atoms with Crippen molar-refractivity contribution in [3.05, 3.63) is 35.9 Å². The quantitative estimate of drug-likeness (QED) is 0.688. The molecule has 0 aliphatic rings. The lowest BCUT2D eigenvalue weighted by atomic mass is 9.79. The lowest BCUT2D eigenvalue weighted by molar-refractivity contribution is -0.145. The third-order valence-electron chi connectivity index (χ3n) is 3.22. The van der Waals surface area contributed by atoms with Crippen molar-refractivity contribution in [3.63, 3.8) is 0 Å². The predicted octanol–water partition coefficient (Wildman–Crippen LogP) is 0.671. The van der Waals surface area contributed by atoms with Crippen LogP contribution < -0.4 is 10.6 Å². The molecule has 1 aromatic rings. The van der Waals surface area contributed by atoms with Gasteiger partial charge in [-0.25, -0.2) is 0 Å². The average molecular weight is 292 g/mol. The summed E-state index contributed by atoms with van der Waals surface area (Å²) in [4.78, 5) is 34.7. The van der Waals surface area contributed by atoms with E-state index in [-0.39, 0.29) is 18.9 Å². The van der Waals surface area contributed by atoms with Gasteiger partial charge < -0.3 is 15.7 Å². The monoisotopic (exact) mass is 292 g/mol. The van der Waals surface area contributed by atoms with E-state index in [0.29, 0.717) is 12.1 Å². The van der Waals surface area contributed by atoms with Crippen LogP contribution in [0.15, 0.2) is 30.3 Å². The van der Waals surface area contributed by atoms with Crippen LogP contribution >= 0.6 is 0 Å². The van der Waals surface area contributed by atoms with Crippen molar-refractivity contribution >= 4 is 17.8 Å². The van der Waals surface area contributed by atoms with Crippen molar-refractivity contribution in [1.82, 2.24) is 10.6 Å². The van der Waals surface area contributed by atoms with Crippen LogP contribution in [0.25, 0.3) is 0 Å². The molecule has 0 aromatic heterocycles. The minimum Gasteiger partial charge on any atom is -0.481 e. The summed E-state index contributed by atoms with van der Waals surface area (Å²) in [6.45, 7) is 3.59. The van der Waals surface area contributed by atoms with E-state index >= 15 is 0 Å². The number of amides is 2. The van der Waals surface area contributed by atoms with Gasteiger partial charge in [0.25, 0.3) is 0 Å². The second-order valence-electron chi connectivity index (χ2n) is 4.91. The molecule has 1 atom stereocenters. The zero-order valence-electron chi connectivity index (χ0n) is 12.2. The third-order valence-corrected chi connectivity index (χ3v) is 3.22. The first kappa shape index (κ1) is 16.7. The molecule has 0 radical (unpaired) electrons. The molecule has 6 nitrogen and oxygen atoms in total. The fourth-order valence-electron chi connectivity index (χ4n) is 1.93. The number of carboxylic acid groups (broad SMARTS) is 1. The largest absolute Gasteiger partial charge is 0.481 e. The second kappa shape index (κ2) is 7.42. The minimum atomic E-state index is -1.33. The van der Waals surface area contributed by atoms with Gasteiger partial charge in [0.1, 0.15) is 0 Å². The minimum absolute atomic E-state index is 0.156. The number of benzene rings is 1. The van der Waals surface area contributed by atoms with Crippen LogP contribution in [0.2, 0.25) is 0 Å². The molecule has 21 heavy (non-hydrogen) atoms. The van der Waals surface area contributed by atoms with Crippen molar-refractivity contribution in [2.24, 2.45) is 0 Å². The Kier molecular flexibility index (Phi) is 5.90. The Bertz CT molecular complexity index is 516. The van der Waals surface area contributed by atoms with Gasteiger partial charge in [-0.2, -0.15) is 0 Å². The number of nitrogens with one attached hydrogen (secondary N) is 2. The molecule has 0 aliphatic carbocycles. The number of carbonyl (C=O) groups is 3. The molecule has 0 saturated carbocycles. The maximum atomic E-state index is 11.9. The number of carbonyl (C=O) groups excluding carboxylic acids is 2. The summed E-state index contributed by atoms with van der Waals surface area (Å²) >= 11 is 0. The molecule has 0 heterocycles. The molecule has 1 aromatic carbocycles. The first-order chi connectivity index (χ1) is 9.90. The SMILES string of the molecule is CCNC(=O)CNC(=O)CC(C)(C(=O)O)c1ccccc1. The Balaban J connectivity index is 2.73. The molecule has 114 valence electrons. The molecule has 1 unspecified atom stereocenters. The van der Waals surface area contributed by atoms with E-state index in [4.69, 9.17) is 0 Å². The van der Waals surface area contributed by atoms with Crippen molar-refractivity contribution in [2.75, 3.05) is 13.1 Å². The molecule has 1 rings (SSSR count). The number of aliphatic carboxylic acids is 1. The molecule has 2 amide bonds. The average Bonchev–Trinajstić information content (AvgIpc) is 2.46. The van der Waals surface area contributed by atoms with E-state index in [0.717, 1.165) is 0 Å². The van der Waals surface area contributed by atoms with Crippen LogP contribution in [-0.2, 0) is 19.8 Å². The first-order valence-corrected chi connectivity index (χ1v) is 6.72. The number of hydrogen-bond donors (Lipinski definition) is 3. The fraction of sp³-hybridized carbons (Fsp3) is 0.400. The Hall–Kier alpha value is -2.37. The van der Waals surface area contributed by atoms with Gasteiger partial charge in [0.2, 0.25) is 11.8 Å². The molecule has 0 bridgehead atoms. The number of rotatable bonds is 7. The van der Waals surface area contributed by atoms with Crippen molar-refractivity contribution in [2.45, 2.75) is 25.7 Å². The Labute approximate surface area is 123 Å². The molecule has 6 heteroatoms. The highest BCUT2D eigenvalue weighted by Crippen LogP contribution is 2.27. The Morgan fingerprint density at radius 2 is 1.71 bits per heavy atom. The van der Waals surface area contributed by atoms with E-state index < -0.39 is 17.3 Å². The van der Waals surface area contributed by atoms with E-state index in [9.17, 15) is 19.5 Å². The van der Waals surface area contributed by atoms with Gasteiger partial charge in [0, 0.05) is 13.0 Å². The standard InChI is InChI=1S/C15H20N2O4/c1-3-16-13(19)10-17-12(18)9-15(2,14(20)21)11-7-5-4-6-8-11/h4-8H,3,9-10H2,1-2H3,(H,16,19)(H,17,18)(H,20,21). The molecule has 3 N–H and O–H groups in total. The van der Waals surface area contributed by atoms with Crippen molar-refractivity contribution in [3.8, 4) is 0 Å². The maximum absolute atomic E-state index is 11.9. The zero-order valence-corrected chi connectivity index (χ0v) is 12.2. The summed E-state index contributed by atoms with van der Waals surface area (Å²) in [5.74, 6) is -1.86. The molecule has 0 saturated heterocycles. The summed E-state index contributed by atoms with van der Waals surface area (Å²) in [5, 5.41) is 14.4. The van der Waals surface area contributed by atoms with Gasteiger partial charge in [0.05, 0.1) is 12.0 Å². The number of hydrogen-bond acceptors (Lipinski definition) is 3. The highest BCUT2D eigenvalue weighted by atomic mass is 16.4. The van der Waals surface area contributed by atoms with Gasteiger partial charge in [0.15, 0.2) is 0 Å². The van der Waals surface area contributed by atoms with Crippen LogP contribution in [0.3, 0.4) is 0 Å². The van der Waals surface area contributed by atoms with E-state index in [1.165, 1.54) is 6.92 Å². The van der Waals surface area contributed by atoms with Crippen LogP contribution in [0, 0.1) is 0 Å². The maximum Gasteiger partial charge on any atom is 0.314 e. The summed E-state index contributed by atoms with van der Waals surface area (Å²) in [6.07, 6.45) is -0.230. The van der Waals surface area contributed by atoms with E-state index in [1.54, 1.807) is 37.3 Å². The van der Waals surface area contributed by atoms with Crippen LogP contribution in [-0.4, -0.2) is 36.0 Å². The van der Waals surface area contributed by atoms with Gasteiger partial charge in [-0.15, -0.1) is 0 Å². The van der Waals surface area contributed by atoms with Gasteiger partial charge in [-0.05, 0) is 19.4 Å². The molecular formula is C15H20N2O4. The van der Waals surface area contributed by atoms with Crippen LogP contribution in [0.1, 0.15) is 25.8 Å². The Morgan fingerprint density at radius 3 is 2.24 bits per heavy atom. The van der Waals surface area contributed by atoms with Gasteiger partial charge in [-0.3, -0.25) is 14.4 Å². The van der Waals surface area contributed by atoms with Crippen molar-refractivity contribution in [1.29, 1.82) is 0 Å². The fourth-order valence-corrected chi connectivity index (χ4v) is 1.93. The first-order valence-electron chi connectivity index (χ1n) is 6.72. The second-order valence-corrected chi connectivity index (χ2v) is 4.91. The third kappa shape index (κ3) is 4.59. The van der Waals surface area contributed by atoms with Crippen LogP contribution in [0.5, 0.6) is 0 Å². The topological polar surface area (TPSA) is 95.5 Å². The zero-order chi connectivity index (χ0) is 15.9. The Morgan fingerprint density at radius 1 is 1.10 bits per heavy atom. The lowest BCUT2D eigenvalue weighted by Gasteiger charge is -2.24. The van der Waals surface area contributed by atoms with E-state index in [1.807, 2.05) is 0 Å². The molecule has 0 aliphatic heterocycles. The smallest absolute Gasteiger partial charge is 0.314 e. The highest BCUT2D eigenvalue weighted by Gasteiger charge is 2.37. The van der Waals surface area contributed by atoms with Crippen molar-refractivity contribution < 1.29 is 19.5 Å². The van der Waals surface area contributed by atoms with Crippen LogP contribution in [0.4, 0.5) is 0 Å². The highest BCUT2D eigenvalue weighted by molar-refractivity contribution is 5.91. The molecule has 0 fully saturated rings. The summed E-state index contributed by atoms with van der Waals surface area (Å²) in [7, 11) is 0. The van der Waals surface area contributed by atoms with E-state index in [2.05, 4.69) is 10.6 Å². The summed E-state index contributed by atoms with van der Waals surface area (Å²) < 4.78 is 0. The summed E-state index contributed by atoms with van der Waals surface area (Å²) in [5.41, 5.74) is -0.780. The number of likely N-dealkylation sites (N-methyl/N-ethyl adjacent to an activating group) is 1. The molecule has 0 spiro atoms. The summed E-state index contributed by atoms with van der Waals surface area (Å²) in [6, 6.07) is 8.57. The molecular weight excluding hydrogens is 272 g/mol. The van der Waals surface area contributed by atoms with Gasteiger partial charge >= 0.3 is 5.97 Å². The normalized spacial score (nSPS) is 13.0. The predicted molar refractivity (Wildman–Crippen MR) is 77.7 cm³/mol. The lowest BCUT2D eigenvalue weighted by Crippen LogP contribution is -2.42.